The predicted molar refractivity (Wildman–Crippen MR) is 104 cm³/mol. The summed E-state index contributed by atoms with van der Waals surface area (Å²) >= 11 is 1.69. The van der Waals surface area contributed by atoms with Gasteiger partial charge in [-0.3, -0.25) is 9.59 Å². The zero-order valence-corrected chi connectivity index (χ0v) is 16.1. The fourth-order valence-corrected chi connectivity index (χ4v) is 3.10. The van der Waals surface area contributed by atoms with Crippen molar-refractivity contribution >= 4 is 23.5 Å². The van der Waals surface area contributed by atoms with Gasteiger partial charge in [0.2, 0.25) is 5.91 Å². The van der Waals surface area contributed by atoms with Crippen LogP contribution in [0.2, 0.25) is 0 Å². The highest BCUT2D eigenvalue weighted by molar-refractivity contribution is 7.98. The topological polar surface area (TPSA) is 46.2 Å². The molecule has 0 heterocycles. The molecule has 0 radical (unpaired) electrons. The molecule has 2 rings (SSSR count). The first-order chi connectivity index (χ1) is 11.9. The monoisotopic (exact) mass is 355 g/mol. The summed E-state index contributed by atoms with van der Waals surface area (Å²) in [6, 6.07) is 13.9. The Morgan fingerprint density at radius 3 is 2.36 bits per heavy atom. The van der Waals surface area contributed by atoms with Crippen LogP contribution in [0.15, 0.2) is 47.4 Å². The van der Waals surface area contributed by atoms with E-state index in [1.807, 2.05) is 69.5 Å². The summed E-state index contributed by atoms with van der Waals surface area (Å²) in [6.07, 6.45) is 2.47. The molecule has 1 amide bonds. The van der Waals surface area contributed by atoms with Gasteiger partial charge in [-0.25, -0.2) is 0 Å². The van der Waals surface area contributed by atoms with Gasteiger partial charge in [0.1, 0.15) is 0 Å². The number of carbonyl (C=O) groups is 2. The highest BCUT2D eigenvalue weighted by Gasteiger charge is 2.14. The highest BCUT2D eigenvalue weighted by atomic mass is 32.2. The maximum atomic E-state index is 12.4. The largest absolute Gasteiger partial charge is 0.350 e. The molecule has 0 fully saturated rings. The maximum Gasteiger partial charge on any atom is 0.220 e. The van der Waals surface area contributed by atoms with E-state index < -0.39 is 0 Å². The molecule has 4 heteroatoms. The standard InChI is InChI=1S/C21H25NO2S/c1-14-5-6-15(2)19(13-14)20(23)11-12-21(24)22-16(3)17-7-9-18(25-4)10-8-17/h5-10,13,16H,11-12H2,1-4H3,(H,22,24). The van der Waals surface area contributed by atoms with E-state index >= 15 is 0 Å². The van der Waals surface area contributed by atoms with Crippen molar-refractivity contribution in [1.29, 1.82) is 0 Å². The van der Waals surface area contributed by atoms with Gasteiger partial charge >= 0.3 is 0 Å². The zero-order chi connectivity index (χ0) is 18.4. The van der Waals surface area contributed by atoms with Crippen LogP contribution in [0.5, 0.6) is 0 Å². The van der Waals surface area contributed by atoms with Crippen molar-refractivity contribution in [2.75, 3.05) is 6.26 Å². The Hall–Kier alpha value is -2.07. The molecule has 1 unspecified atom stereocenters. The molecule has 0 bridgehead atoms. The Bertz CT molecular complexity index is 753. The molecule has 3 nitrogen and oxygen atoms in total. The maximum absolute atomic E-state index is 12.4. The number of hydrogen-bond donors (Lipinski definition) is 1. The molecule has 2 aromatic rings. The van der Waals surface area contributed by atoms with Crippen LogP contribution in [-0.2, 0) is 4.79 Å². The summed E-state index contributed by atoms with van der Waals surface area (Å²) in [4.78, 5) is 25.7. The van der Waals surface area contributed by atoms with E-state index in [-0.39, 0.29) is 30.6 Å². The molecule has 0 aliphatic rings. The molecule has 25 heavy (non-hydrogen) atoms. The molecule has 2 aromatic carbocycles. The average molecular weight is 356 g/mol. The number of rotatable bonds is 7. The van der Waals surface area contributed by atoms with Gasteiger partial charge in [0.15, 0.2) is 5.78 Å². The molecule has 0 aromatic heterocycles. The van der Waals surface area contributed by atoms with Crippen molar-refractivity contribution in [1.82, 2.24) is 5.32 Å². The molecular formula is C21H25NO2S. The van der Waals surface area contributed by atoms with Gasteiger partial charge in [0, 0.05) is 23.3 Å². The van der Waals surface area contributed by atoms with Crippen molar-refractivity contribution in [3.05, 3.63) is 64.7 Å². The second-order valence-electron chi connectivity index (χ2n) is 6.30. The SMILES string of the molecule is CSc1ccc(C(C)NC(=O)CCC(=O)c2cc(C)ccc2C)cc1. The van der Waals surface area contributed by atoms with Crippen LogP contribution >= 0.6 is 11.8 Å². The van der Waals surface area contributed by atoms with E-state index in [1.54, 1.807) is 11.8 Å². The van der Waals surface area contributed by atoms with Gasteiger partial charge in [0.05, 0.1) is 6.04 Å². The Morgan fingerprint density at radius 2 is 1.72 bits per heavy atom. The number of hydrogen-bond acceptors (Lipinski definition) is 3. The summed E-state index contributed by atoms with van der Waals surface area (Å²) in [7, 11) is 0. The first-order valence-corrected chi connectivity index (χ1v) is 9.67. The Labute approximate surface area is 154 Å². The normalized spacial score (nSPS) is 11.8. The number of amides is 1. The van der Waals surface area contributed by atoms with Gasteiger partial charge in [-0.15, -0.1) is 11.8 Å². The number of benzene rings is 2. The fraction of sp³-hybridized carbons (Fsp3) is 0.333. The molecule has 0 aliphatic carbocycles. The van der Waals surface area contributed by atoms with Crippen molar-refractivity contribution in [3.8, 4) is 0 Å². The Morgan fingerprint density at radius 1 is 1.04 bits per heavy atom. The minimum absolute atomic E-state index is 0.0216. The lowest BCUT2D eigenvalue weighted by molar-refractivity contribution is -0.121. The van der Waals surface area contributed by atoms with Crippen molar-refractivity contribution in [2.45, 2.75) is 44.6 Å². The lowest BCUT2D eigenvalue weighted by Crippen LogP contribution is -2.27. The summed E-state index contributed by atoms with van der Waals surface area (Å²) < 4.78 is 0. The minimum Gasteiger partial charge on any atom is -0.350 e. The fourth-order valence-electron chi connectivity index (χ4n) is 2.69. The summed E-state index contributed by atoms with van der Waals surface area (Å²) in [5, 5.41) is 2.97. The van der Waals surface area contributed by atoms with E-state index in [2.05, 4.69) is 5.32 Å². The third-order valence-electron chi connectivity index (χ3n) is 4.27. The van der Waals surface area contributed by atoms with E-state index in [9.17, 15) is 9.59 Å². The van der Waals surface area contributed by atoms with Crippen molar-refractivity contribution in [2.24, 2.45) is 0 Å². The van der Waals surface area contributed by atoms with E-state index in [0.29, 0.717) is 5.56 Å². The number of Topliss-reactive ketones (excluding diaryl/α,β-unsaturated/α-hetero) is 1. The number of aryl methyl sites for hydroxylation is 2. The van der Waals surface area contributed by atoms with Crippen LogP contribution in [0, 0.1) is 13.8 Å². The van der Waals surface area contributed by atoms with Gasteiger partial charge in [0.25, 0.3) is 0 Å². The lowest BCUT2D eigenvalue weighted by Gasteiger charge is -2.15. The van der Waals surface area contributed by atoms with Crippen LogP contribution < -0.4 is 5.32 Å². The summed E-state index contributed by atoms with van der Waals surface area (Å²) in [6.45, 7) is 5.85. The molecule has 1 N–H and O–H groups in total. The molecular weight excluding hydrogens is 330 g/mol. The first-order valence-electron chi connectivity index (χ1n) is 8.44. The number of thioether (sulfide) groups is 1. The average Bonchev–Trinajstić information content (AvgIpc) is 2.61. The molecule has 1 atom stereocenters. The second-order valence-corrected chi connectivity index (χ2v) is 7.18. The quantitative estimate of drug-likeness (QED) is 0.569. The second kappa shape index (κ2) is 8.86. The van der Waals surface area contributed by atoms with Gasteiger partial charge < -0.3 is 5.32 Å². The van der Waals surface area contributed by atoms with Gasteiger partial charge in [-0.1, -0.05) is 29.8 Å². The van der Waals surface area contributed by atoms with Gasteiger partial charge in [-0.2, -0.15) is 0 Å². The molecule has 0 saturated carbocycles. The number of nitrogens with one attached hydrogen (secondary N) is 1. The van der Waals surface area contributed by atoms with Crippen LogP contribution in [0.1, 0.15) is 52.9 Å². The van der Waals surface area contributed by atoms with Crippen LogP contribution in [0.25, 0.3) is 0 Å². The predicted octanol–water partition coefficient (Wildman–Crippen LogP) is 4.87. The smallest absolute Gasteiger partial charge is 0.220 e. The first kappa shape index (κ1) is 19.3. The minimum atomic E-state index is -0.0971. The zero-order valence-electron chi connectivity index (χ0n) is 15.3. The molecule has 0 spiro atoms. The summed E-state index contributed by atoms with van der Waals surface area (Å²) in [5.74, 6) is -0.0755. The van der Waals surface area contributed by atoms with Crippen molar-refractivity contribution in [3.63, 3.8) is 0 Å². The van der Waals surface area contributed by atoms with Crippen molar-refractivity contribution < 1.29 is 9.59 Å². The number of carbonyl (C=O) groups excluding carboxylic acids is 2. The molecule has 132 valence electrons. The van der Waals surface area contributed by atoms with Gasteiger partial charge in [-0.05, 0) is 56.4 Å². The third kappa shape index (κ3) is 5.46. The van der Waals surface area contributed by atoms with E-state index in [1.165, 1.54) is 4.90 Å². The highest BCUT2D eigenvalue weighted by Crippen LogP contribution is 2.19. The molecule has 0 aliphatic heterocycles. The molecule has 0 saturated heterocycles. The number of ketones is 1. The van der Waals surface area contributed by atoms with Crippen LogP contribution in [0.3, 0.4) is 0 Å². The summed E-state index contributed by atoms with van der Waals surface area (Å²) in [5.41, 5.74) is 3.79. The van der Waals surface area contributed by atoms with Crippen LogP contribution in [-0.4, -0.2) is 17.9 Å². The Balaban J connectivity index is 1.89. The lowest BCUT2D eigenvalue weighted by atomic mass is 9.99. The third-order valence-corrected chi connectivity index (χ3v) is 5.01. The van der Waals surface area contributed by atoms with E-state index in [4.69, 9.17) is 0 Å². The van der Waals surface area contributed by atoms with Crippen LogP contribution in [0.4, 0.5) is 0 Å². The Kier molecular flexibility index (Phi) is 6.82. The van der Waals surface area contributed by atoms with E-state index in [0.717, 1.165) is 16.7 Å².